The van der Waals surface area contributed by atoms with E-state index in [1.54, 1.807) is 6.07 Å². The van der Waals surface area contributed by atoms with Crippen molar-refractivity contribution >= 4 is 34.8 Å². The van der Waals surface area contributed by atoms with Gasteiger partial charge in [-0.2, -0.15) is 15.0 Å². The van der Waals surface area contributed by atoms with Crippen molar-refractivity contribution < 1.29 is 4.74 Å². The van der Waals surface area contributed by atoms with Gasteiger partial charge in [-0.1, -0.05) is 29.8 Å². The zero-order valence-electron chi connectivity index (χ0n) is 8.40. The highest BCUT2D eigenvalue weighted by molar-refractivity contribution is 6.31. The minimum atomic E-state index is -0.0147. The van der Waals surface area contributed by atoms with Crippen molar-refractivity contribution in [2.75, 3.05) is 0 Å². The van der Waals surface area contributed by atoms with Crippen LogP contribution in [0.5, 0.6) is 6.01 Å². The van der Waals surface area contributed by atoms with E-state index in [1.165, 1.54) is 0 Å². The molecule has 88 valence electrons. The number of halogens is 3. The Bertz CT molecular complexity index is 516. The van der Waals surface area contributed by atoms with Crippen LogP contribution in [0.25, 0.3) is 0 Å². The zero-order valence-corrected chi connectivity index (χ0v) is 10.7. The van der Waals surface area contributed by atoms with Gasteiger partial charge in [0.05, 0.1) is 0 Å². The molecule has 0 bridgehead atoms. The van der Waals surface area contributed by atoms with Crippen LogP contribution in [0.4, 0.5) is 0 Å². The first-order chi connectivity index (χ1) is 8.15. The fraction of sp³-hybridized carbons (Fsp3) is 0.100. The van der Waals surface area contributed by atoms with Gasteiger partial charge >= 0.3 is 6.01 Å². The number of aromatic nitrogens is 3. The second-order valence-corrected chi connectivity index (χ2v) is 4.12. The van der Waals surface area contributed by atoms with E-state index in [0.29, 0.717) is 5.02 Å². The Morgan fingerprint density at radius 2 is 1.59 bits per heavy atom. The lowest BCUT2D eigenvalue weighted by molar-refractivity contribution is 0.280. The van der Waals surface area contributed by atoms with E-state index in [0.717, 1.165) is 5.56 Å². The summed E-state index contributed by atoms with van der Waals surface area (Å²) in [5, 5.41) is 0.581. The molecule has 0 saturated carbocycles. The minimum absolute atomic E-state index is 0.0147. The maximum absolute atomic E-state index is 5.97. The summed E-state index contributed by atoms with van der Waals surface area (Å²) in [6.07, 6.45) is 0. The average Bonchev–Trinajstić information content (AvgIpc) is 2.27. The lowest BCUT2D eigenvalue weighted by Crippen LogP contribution is -2.01. The lowest BCUT2D eigenvalue weighted by Gasteiger charge is -2.05. The Morgan fingerprint density at radius 3 is 2.24 bits per heavy atom. The molecule has 0 N–H and O–H groups in total. The number of hydrogen-bond donors (Lipinski definition) is 0. The van der Waals surface area contributed by atoms with Gasteiger partial charge in [0.2, 0.25) is 10.6 Å². The van der Waals surface area contributed by atoms with E-state index in [-0.39, 0.29) is 23.2 Å². The van der Waals surface area contributed by atoms with Crippen LogP contribution in [0.2, 0.25) is 15.6 Å². The minimum Gasteiger partial charge on any atom is -0.458 e. The topological polar surface area (TPSA) is 47.9 Å². The molecule has 2 rings (SSSR count). The molecular formula is C10H6Cl3N3O. The monoisotopic (exact) mass is 289 g/mol. The molecule has 0 aliphatic rings. The molecule has 0 fully saturated rings. The van der Waals surface area contributed by atoms with Crippen LogP contribution in [0.15, 0.2) is 24.3 Å². The highest BCUT2D eigenvalue weighted by atomic mass is 35.5. The molecule has 2 aromatic rings. The predicted octanol–water partition coefficient (Wildman–Crippen LogP) is 3.41. The number of nitrogens with zero attached hydrogens (tertiary/aromatic N) is 3. The summed E-state index contributed by atoms with van der Waals surface area (Å²) >= 11 is 17.2. The highest BCUT2D eigenvalue weighted by Gasteiger charge is 2.05. The fourth-order valence-electron chi connectivity index (χ4n) is 1.13. The van der Waals surface area contributed by atoms with Crippen molar-refractivity contribution in [2.45, 2.75) is 6.61 Å². The van der Waals surface area contributed by atoms with Crippen LogP contribution in [0, 0.1) is 0 Å². The Balaban J connectivity index is 2.10. The average molecular weight is 291 g/mol. The number of ether oxygens (including phenoxy) is 1. The molecule has 0 atom stereocenters. The van der Waals surface area contributed by atoms with Gasteiger partial charge in [0.15, 0.2) is 0 Å². The molecule has 1 aromatic heterocycles. The molecule has 0 amide bonds. The molecule has 7 heteroatoms. The molecule has 1 heterocycles. The van der Waals surface area contributed by atoms with E-state index in [1.807, 2.05) is 18.2 Å². The number of rotatable bonds is 3. The van der Waals surface area contributed by atoms with Crippen LogP contribution >= 0.6 is 34.8 Å². The van der Waals surface area contributed by atoms with Gasteiger partial charge in [-0.25, -0.2) is 0 Å². The summed E-state index contributed by atoms with van der Waals surface area (Å²) in [4.78, 5) is 11.2. The Kier molecular flexibility index (Phi) is 3.99. The third kappa shape index (κ3) is 3.43. The standard InChI is InChI=1S/C10H6Cl3N3O/c11-7-4-2-1-3-6(7)5-17-10-15-8(12)14-9(13)16-10/h1-4H,5H2. The summed E-state index contributed by atoms with van der Waals surface area (Å²) in [6.45, 7) is 0.232. The fourth-order valence-corrected chi connectivity index (χ4v) is 1.67. The van der Waals surface area contributed by atoms with Gasteiger partial charge < -0.3 is 4.74 Å². The van der Waals surface area contributed by atoms with Crippen LogP contribution < -0.4 is 4.74 Å². The van der Waals surface area contributed by atoms with Crippen LogP contribution in [-0.4, -0.2) is 15.0 Å². The van der Waals surface area contributed by atoms with E-state index >= 15 is 0 Å². The smallest absolute Gasteiger partial charge is 0.322 e. The Morgan fingerprint density at radius 1 is 0.941 bits per heavy atom. The second kappa shape index (κ2) is 5.49. The third-order valence-electron chi connectivity index (χ3n) is 1.87. The molecule has 0 aliphatic heterocycles. The molecule has 0 aliphatic carbocycles. The molecule has 4 nitrogen and oxygen atoms in total. The summed E-state index contributed by atoms with van der Waals surface area (Å²) < 4.78 is 5.32. The van der Waals surface area contributed by atoms with Gasteiger partial charge in [0.25, 0.3) is 0 Å². The maximum atomic E-state index is 5.97. The van der Waals surface area contributed by atoms with Gasteiger partial charge in [0.1, 0.15) is 6.61 Å². The van der Waals surface area contributed by atoms with Crippen LogP contribution in [0.3, 0.4) is 0 Å². The van der Waals surface area contributed by atoms with Crippen molar-refractivity contribution in [2.24, 2.45) is 0 Å². The third-order valence-corrected chi connectivity index (χ3v) is 2.58. The first-order valence-corrected chi connectivity index (χ1v) is 5.72. The normalized spacial score (nSPS) is 10.3. The molecule has 0 radical (unpaired) electrons. The second-order valence-electron chi connectivity index (χ2n) is 3.04. The Hall–Kier alpha value is -1.10. The maximum Gasteiger partial charge on any atom is 0.322 e. The van der Waals surface area contributed by atoms with E-state index in [2.05, 4.69) is 15.0 Å². The molecule has 0 unspecified atom stereocenters. The van der Waals surface area contributed by atoms with Crippen molar-refractivity contribution in [3.05, 3.63) is 45.4 Å². The SMILES string of the molecule is Clc1nc(Cl)nc(OCc2ccccc2Cl)n1. The summed E-state index contributed by atoms with van der Waals surface area (Å²) in [6, 6.07) is 7.37. The first-order valence-electron chi connectivity index (χ1n) is 4.58. The molecule has 17 heavy (non-hydrogen) atoms. The van der Waals surface area contributed by atoms with Gasteiger partial charge in [0, 0.05) is 10.6 Å². The molecular weight excluding hydrogens is 284 g/mol. The van der Waals surface area contributed by atoms with Crippen molar-refractivity contribution in [1.82, 2.24) is 15.0 Å². The largest absolute Gasteiger partial charge is 0.458 e. The first kappa shape index (κ1) is 12.4. The summed E-state index contributed by atoms with van der Waals surface area (Å²) in [7, 11) is 0. The zero-order chi connectivity index (χ0) is 12.3. The van der Waals surface area contributed by atoms with Gasteiger partial charge in [-0.3, -0.25) is 0 Å². The highest BCUT2D eigenvalue weighted by Crippen LogP contribution is 2.17. The Labute approximate surface area is 113 Å². The molecule has 0 spiro atoms. The van der Waals surface area contributed by atoms with Gasteiger partial charge in [-0.05, 0) is 29.3 Å². The van der Waals surface area contributed by atoms with E-state index < -0.39 is 0 Å². The van der Waals surface area contributed by atoms with E-state index in [4.69, 9.17) is 39.5 Å². The number of benzene rings is 1. The van der Waals surface area contributed by atoms with Gasteiger partial charge in [-0.15, -0.1) is 0 Å². The molecule has 0 saturated heterocycles. The van der Waals surface area contributed by atoms with Crippen molar-refractivity contribution in [3.63, 3.8) is 0 Å². The summed E-state index contributed by atoms with van der Waals surface area (Å²) in [5.41, 5.74) is 0.821. The van der Waals surface area contributed by atoms with E-state index in [9.17, 15) is 0 Å². The van der Waals surface area contributed by atoms with Crippen LogP contribution in [0.1, 0.15) is 5.56 Å². The molecule has 1 aromatic carbocycles. The number of hydrogen-bond acceptors (Lipinski definition) is 4. The van der Waals surface area contributed by atoms with Crippen molar-refractivity contribution in [1.29, 1.82) is 0 Å². The predicted molar refractivity (Wildman–Crippen MR) is 65.6 cm³/mol. The van der Waals surface area contributed by atoms with Crippen molar-refractivity contribution in [3.8, 4) is 6.01 Å². The summed E-state index contributed by atoms with van der Waals surface area (Å²) in [5.74, 6) is 0. The quantitative estimate of drug-likeness (QED) is 0.869. The van der Waals surface area contributed by atoms with Crippen LogP contribution in [-0.2, 0) is 6.61 Å². The lowest BCUT2D eigenvalue weighted by atomic mass is 10.2.